The topological polar surface area (TPSA) is 73.3 Å². The van der Waals surface area contributed by atoms with Gasteiger partial charge in [-0.05, 0) is 18.9 Å². The zero-order valence-corrected chi connectivity index (χ0v) is 10.3. The number of nitrogens with zero attached hydrogens (tertiary/aromatic N) is 2. The minimum Gasteiger partial charge on any atom is -0.463 e. The molecule has 0 amide bonds. The van der Waals surface area contributed by atoms with Crippen molar-refractivity contribution in [2.24, 2.45) is 5.73 Å². The Kier molecular flexibility index (Phi) is 2.72. The molecule has 0 aliphatic carbocycles. The number of ether oxygens (including phenoxy) is 1. The molecule has 0 saturated carbocycles. The number of benzene rings is 1. The third kappa shape index (κ3) is 1.85. The number of fused-ring (bicyclic) bond motifs is 3. The van der Waals surface area contributed by atoms with Crippen LogP contribution in [-0.2, 0) is 13.0 Å². The van der Waals surface area contributed by atoms with Crippen molar-refractivity contribution in [2.45, 2.75) is 38.6 Å². The number of aliphatic hydroxyl groups excluding tert-OH is 1. The summed E-state index contributed by atoms with van der Waals surface area (Å²) in [5.74, 6) is 0.754. The second kappa shape index (κ2) is 4.26. The third-order valence-corrected chi connectivity index (χ3v) is 3.21. The first-order valence-corrected chi connectivity index (χ1v) is 6.23. The first-order chi connectivity index (χ1) is 8.65. The van der Waals surface area contributed by atoms with E-state index in [4.69, 9.17) is 10.5 Å². The fourth-order valence-corrected chi connectivity index (χ4v) is 2.40. The average Bonchev–Trinajstić information content (AvgIpc) is 2.72. The van der Waals surface area contributed by atoms with E-state index in [1.54, 1.807) is 0 Å². The normalized spacial score (nSPS) is 20.5. The van der Waals surface area contributed by atoms with Gasteiger partial charge in [0.1, 0.15) is 5.52 Å². The Bertz CT molecular complexity index is 577. The van der Waals surface area contributed by atoms with E-state index in [0.717, 1.165) is 28.6 Å². The van der Waals surface area contributed by atoms with Crippen LogP contribution >= 0.6 is 0 Å². The molecule has 1 aliphatic heterocycles. The average molecular weight is 247 g/mol. The Hall–Kier alpha value is -1.59. The molecule has 0 fully saturated rings. The SMILES string of the molecule is CC(N)Cn1ncc2ccc3c(c21)OC(O)CC3. The number of hydrogen-bond acceptors (Lipinski definition) is 4. The Morgan fingerprint density at radius 1 is 1.61 bits per heavy atom. The van der Waals surface area contributed by atoms with E-state index >= 15 is 0 Å². The zero-order chi connectivity index (χ0) is 12.7. The standard InChI is InChI=1S/C13H17N3O2/c1-8(14)7-16-12-10(6-15-16)3-2-9-4-5-11(17)18-13(9)12/h2-3,6,8,11,17H,4-5,7,14H2,1H3. The highest BCUT2D eigenvalue weighted by Gasteiger charge is 2.22. The minimum atomic E-state index is -0.721. The molecule has 3 N–H and O–H groups in total. The molecule has 2 unspecified atom stereocenters. The monoisotopic (exact) mass is 247 g/mol. The van der Waals surface area contributed by atoms with E-state index in [1.807, 2.05) is 29.9 Å². The highest BCUT2D eigenvalue weighted by molar-refractivity contribution is 5.86. The van der Waals surface area contributed by atoms with Gasteiger partial charge in [0.25, 0.3) is 0 Å². The van der Waals surface area contributed by atoms with Gasteiger partial charge in [0.2, 0.25) is 0 Å². The fraction of sp³-hybridized carbons (Fsp3) is 0.462. The molecular formula is C13H17N3O2. The number of rotatable bonds is 2. The van der Waals surface area contributed by atoms with E-state index in [-0.39, 0.29) is 6.04 Å². The summed E-state index contributed by atoms with van der Waals surface area (Å²) < 4.78 is 7.44. The molecule has 1 aromatic carbocycles. The first-order valence-electron chi connectivity index (χ1n) is 6.23. The lowest BCUT2D eigenvalue weighted by Gasteiger charge is -2.23. The van der Waals surface area contributed by atoms with Gasteiger partial charge in [-0.15, -0.1) is 0 Å². The molecule has 1 aliphatic rings. The third-order valence-electron chi connectivity index (χ3n) is 3.21. The maximum absolute atomic E-state index is 9.65. The zero-order valence-electron chi connectivity index (χ0n) is 10.3. The lowest BCUT2D eigenvalue weighted by molar-refractivity contribution is -0.0307. The predicted molar refractivity (Wildman–Crippen MR) is 68.3 cm³/mol. The number of aliphatic hydroxyl groups is 1. The molecule has 5 heteroatoms. The maximum atomic E-state index is 9.65. The van der Waals surface area contributed by atoms with Gasteiger partial charge >= 0.3 is 0 Å². The summed E-state index contributed by atoms with van der Waals surface area (Å²) in [6, 6.07) is 4.11. The Morgan fingerprint density at radius 3 is 3.22 bits per heavy atom. The summed E-state index contributed by atoms with van der Waals surface area (Å²) in [6.07, 6.45) is 2.56. The van der Waals surface area contributed by atoms with Crippen molar-refractivity contribution in [1.29, 1.82) is 0 Å². The molecule has 0 spiro atoms. The van der Waals surface area contributed by atoms with Crippen LogP contribution in [0, 0.1) is 0 Å². The highest BCUT2D eigenvalue weighted by atomic mass is 16.6. The van der Waals surface area contributed by atoms with E-state index in [9.17, 15) is 5.11 Å². The van der Waals surface area contributed by atoms with Gasteiger partial charge in [-0.3, -0.25) is 4.68 Å². The fourth-order valence-electron chi connectivity index (χ4n) is 2.40. The Labute approximate surface area is 105 Å². The summed E-state index contributed by atoms with van der Waals surface area (Å²) in [6.45, 7) is 2.58. The van der Waals surface area contributed by atoms with Crippen molar-refractivity contribution < 1.29 is 9.84 Å². The molecule has 96 valence electrons. The summed E-state index contributed by atoms with van der Waals surface area (Å²) in [7, 11) is 0. The molecule has 2 heterocycles. The second-order valence-electron chi connectivity index (χ2n) is 4.91. The summed E-state index contributed by atoms with van der Waals surface area (Å²) >= 11 is 0. The number of aryl methyl sites for hydroxylation is 1. The maximum Gasteiger partial charge on any atom is 0.197 e. The second-order valence-corrected chi connectivity index (χ2v) is 4.91. The summed E-state index contributed by atoms with van der Waals surface area (Å²) in [5, 5.41) is 15.0. The quantitative estimate of drug-likeness (QED) is 0.831. The van der Waals surface area contributed by atoms with Crippen LogP contribution < -0.4 is 10.5 Å². The van der Waals surface area contributed by atoms with Crippen LogP contribution in [0.5, 0.6) is 5.75 Å². The van der Waals surface area contributed by atoms with Gasteiger partial charge in [0.05, 0.1) is 12.7 Å². The van der Waals surface area contributed by atoms with E-state index < -0.39 is 6.29 Å². The van der Waals surface area contributed by atoms with Crippen molar-refractivity contribution in [1.82, 2.24) is 9.78 Å². The molecule has 3 rings (SSSR count). The van der Waals surface area contributed by atoms with Crippen molar-refractivity contribution in [3.8, 4) is 5.75 Å². The van der Waals surface area contributed by atoms with Gasteiger partial charge in [0, 0.05) is 17.8 Å². The number of aromatic nitrogens is 2. The number of nitrogens with two attached hydrogens (primary N) is 1. The van der Waals surface area contributed by atoms with Crippen LogP contribution in [0.2, 0.25) is 0 Å². The van der Waals surface area contributed by atoms with Crippen LogP contribution in [0.1, 0.15) is 18.9 Å². The van der Waals surface area contributed by atoms with Crippen LogP contribution in [0.4, 0.5) is 0 Å². The molecule has 0 saturated heterocycles. The van der Waals surface area contributed by atoms with Gasteiger partial charge in [-0.25, -0.2) is 0 Å². The molecule has 0 radical (unpaired) electrons. The molecule has 2 aromatic rings. The van der Waals surface area contributed by atoms with Crippen LogP contribution in [0.25, 0.3) is 10.9 Å². The van der Waals surface area contributed by atoms with Gasteiger partial charge in [-0.2, -0.15) is 5.10 Å². The molecule has 0 bridgehead atoms. The van der Waals surface area contributed by atoms with Crippen LogP contribution in [0.15, 0.2) is 18.3 Å². The minimum absolute atomic E-state index is 0.0254. The summed E-state index contributed by atoms with van der Waals surface area (Å²) in [4.78, 5) is 0. The smallest absolute Gasteiger partial charge is 0.197 e. The van der Waals surface area contributed by atoms with Crippen molar-refractivity contribution >= 4 is 10.9 Å². The molecule has 5 nitrogen and oxygen atoms in total. The van der Waals surface area contributed by atoms with Crippen molar-refractivity contribution in [3.05, 3.63) is 23.9 Å². The van der Waals surface area contributed by atoms with Crippen molar-refractivity contribution in [2.75, 3.05) is 0 Å². The number of hydrogen-bond donors (Lipinski definition) is 2. The van der Waals surface area contributed by atoms with Crippen molar-refractivity contribution in [3.63, 3.8) is 0 Å². The van der Waals surface area contributed by atoms with E-state index in [2.05, 4.69) is 5.10 Å². The molecule has 2 atom stereocenters. The predicted octanol–water partition coefficient (Wildman–Crippen LogP) is 1.03. The summed E-state index contributed by atoms with van der Waals surface area (Å²) in [5.41, 5.74) is 7.89. The largest absolute Gasteiger partial charge is 0.463 e. The molecule has 18 heavy (non-hydrogen) atoms. The van der Waals surface area contributed by atoms with E-state index in [0.29, 0.717) is 13.0 Å². The van der Waals surface area contributed by atoms with E-state index in [1.165, 1.54) is 0 Å². The lowest BCUT2D eigenvalue weighted by Crippen LogP contribution is -2.25. The van der Waals surface area contributed by atoms with Gasteiger partial charge in [0.15, 0.2) is 12.0 Å². The van der Waals surface area contributed by atoms with Crippen LogP contribution in [0.3, 0.4) is 0 Å². The molecule has 1 aromatic heterocycles. The highest BCUT2D eigenvalue weighted by Crippen LogP contribution is 2.34. The Balaban J connectivity index is 2.16. The molecular weight excluding hydrogens is 230 g/mol. The van der Waals surface area contributed by atoms with Gasteiger partial charge in [-0.1, -0.05) is 12.1 Å². The van der Waals surface area contributed by atoms with Gasteiger partial charge < -0.3 is 15.6 Å². The lowest BCUT2D eigenvalue weighted by atomic mass is 10.0. The Morgan fingerprint density at radius 2 is 2.44 bits per heavy atom. The first kappa shape index (κ1) is 11.5. The van der Waals surface area contributed by atoms with Crippen LogP contribution in [-0.4, -0.2) is 27.2 Å².